The zero-order chi connectivity index (χ0) is 21.6. The smallest absolute Gasteiger partial charge is 0.264 e. The minimum Gasteiger partial charge on any atom is -0.326 e. The molecule has 2 aromatic carbocycles. The standard InChI is InChI=1S/C22H17N5O3S/c28-19-10-9-18(26-27-19)15-7-4-8-16(11-15)23-20(29)12-17-13-31-22(24-17)25-21(30)14-5-2-1-3-6-14/h1-11,13H,12H2,(H,23,29)(H,27,28)(H,24,25,30). The first kappa shape index (κ1) is 20.2. The van der Waals surface area contributed by atoms with E-state index in [1.54, 1.807) is 53.9 Å². The third-order valence-electron chi connectivity index (χ3n) is 4.27. The normalized spacial score (nSPS) is 10.5. The Morgan fingerprint density at radius 3 is 2.58 bits per heavy atom. The predicted octanol–water partition coefficient (Wildman–Crippen LogP) is 3.33. The van der Waals surface area contributed by atoms with Gasteiger partial charge in [-0.25, -0.2) is 10.1 Å². The van der Waals surface area contributed by atoms with E-state index in [1.807, 2.05) is 12.1 Å². The first-order chi connectivity index (χ1) is 15.1. The van der Waals surface area contributed by atoms with Crippen LogP contribution in [0.2, 0.25) is 0 Å². The summed E-state index contributed by atoms with van der Waals surface area (Å²) in [5, 5.41) is 14.1. The van der Waals surface area contributed by atoms with Gasteiger partial charge < -0.3 is 5.32 Å². The van der Waals surface area contributed by atoms with Gasteiger partial charge in [0, 0.05) is 28.3 Å². The number of amides is 2. The first-order valence-corrected chi connectivity index (χ1v) is 10.2. The van der Waals surface area contributed by atoms with Gasteiger partial charge in [-0.2, -0.15) is 5.10 Å². The highest BCUT2D eigenvalue weighted by Crippen LogP contribution is 2.21. The van der Waals surface area contributed by atoms with Crippen LogP contribution >= 0.6 is 11.3 Å². The Morgan fingerprint density at radius 1 is 0.968 bits per heavy atom. The van der Waals surface area contributed by atoms with Crippen LogP contribution in [0.15, 0.2) is 76.9 Å². The number of carbonyl (C=O) groups excluding carboxylic acids is 2. The van der Waals surface area contributed by atoms with Crippen molar-refractivity contribution in [3.63, 3.8) is 0 Å². The number of nitrogens with one attached hydrogen (secondary N) is 3. The molecule has 0 spiro atoms. The molecule has 9 heteroatoms. The summed E-state index contributed by atoms with van der Waals surface area (Å²) in [7, 11) is 0. The van der Waals surface area contributed by atoms with E-state index in [0.29, 0.717) is 27.8 Å². The molecule has 0 atom stereocenters. The lowest BCUT2D eigenvalue weighted by molar-refractivity contribution is -0.115. The Bertz CT molecular complexity index is 1260. The summed E-state index contributed by atoms with van der Waals surface area (Å²) in [5.74, 6) is -0.489. The number of nitrogens with zero attached hydrogens (tertiary/aromatic N) is 2. The topological polar surface area (TPSA) is 117 Å². The molecule has 4 rings (SSSR count). The molecule has 4 aromatic rings. The van der Waals surface area contributed by atoms with Gasteiger partial charge in [0.05, 0.1) is 17.8 Å². The van der Waals surface area contributed by atoms with Crippen molar-refractivity contribution in [2.24, 2.45) is 0 Å². The fraction of sp³-hybridized carbons (Fsp3) is 0.0455. The van der Waals surface area contributed by atoms with Crippen LogP contribution in [0.3, 0.4) is 0 Å². The van der Waals surface area contributed by atoms with E-state index in [-0.39, 0.29) is 23.8 Å². The van der Waals surface area contributed by atoms with Crippen molar-refractivity contribution in [3.05, 3.63) is 93.7 Å². The maximum atomic E-state index is 12.4. The lowest BCUT2D eigenvalue weighted by Gasteiger charge is -2.06. The fourth-order valence-corrected chi connectivity index (χ4v) is 3.54. The number of benzene rings is 2. The van der Waals surface area contributed by atoms with Crippen LogP contribution in [-0.4, -0.2) is 27.0 Å². The van der Waals surface area contributed by atoms with E-state index in [2.05, 4.69) is 25.8 Å². The van der Waals surface area contributed by atoms with Crippen molar-refractivity contribution < 1.29 is 9.59 Å². The summed E-state index contributed by atoms with van der Waals surface area (Å²) >= 11 is 1.26. The number of thiazole rings is 1. The highest BCUT2D eigenvalue weighted by atomic mass is 32.1. The number of H-pyrrole nitrogens is 1. The fourth-order valence-electron chi connectivity index (χ4n) is 2.84. The number of anilines is 2. The maximum Gasteiger partial charge on any atom is 0.264 e. The zero-order valence-electron chi connectivity index (χ0n) is 16.2. The first-order valence-electron chi connectivity index (χ1n) is 9.34. The Morgan fingerprint density at radius 2 is 1.81 bits per heavy atom. The molecule has 3 N–H and O–H groups in total. The summed E-state index contributed by atoms with van der Waals surface area (Å²) in [4.78, 5) is 40.1. The second kappa shape index (κ2) is 9.14. The summed E-state index contributed by atoms with van der Waals surface area (Å²) < 4.78 is 0. The lowest BCUT2D eigenvalue weighted by atomic mass is 10.1. The molecule has 8 nitrogen and oxygen atoms in total. The summed E-state index contributed by atoms with van der Waals surface area (Å²) in [5.41, 5.74) is 2.76. The van der Waals surface area contributed by atoms with E-state index in [0.717, 1.165) is 5.56 Å². The minimum absolute atomic E-state index is 0.0683. The Hall–Kier alpha value is -4.11. The van der Waals surface area contributed by atoms with Gasteiger partial charge in [0.2, 0.25) is 5.91 Å². The number of carbonyl (C=O) groups is 2. The molecule has 2 amide bonds. The molecule has 0 saturated heterocycles. The average Bonchev–Trinajstić information content (AvgIpc) is 3.21. The van der Waals surface area contributed by atoms with Gasteiger partial charge in [-0.15, -0.1) is 11.3 Å². The summed E-state index contributed by atoms with van der Waals surface area (Å²) in [6.45, 7) is 0. The summed E-state index contributed by atoms with van der Waals surface area (Å²) in [6.07, 6.45) is 0.0683. The van der Waals surface area contributed by atoms with Crippen LogP contribution in [-0.2, 0) is 11.2 Å². The zero-order valence-corrected chi connectivity index (χ0v) is 17.0. The van der Waals surface area contributed by atoms with Gasteiger partial charge in [-0.3, -0.25) is 19.7 Å². The van der Waals surface area contributed by atoms with Gasteiger partial charge in [-0.05, 0) is 30.3 Å². The maximum absolute atomic E-state index is 12.4. The quantitative estimate of drug-likeness (QED) is 0.433. The molecule has 0 aliphatic heterocycles. The number of aromatic nitrogens is 3. The van der Waals surface area contributed by atoms with E-state index < -0.39 is 0 Å². The highest BCUT2D eigenvalue weighted by Gasteiger charge is 2.12. The van der Waals surface area contributed by atoms with Gasteiger partial charge in [0.1, 0.15) is 0 Å². The van der Waals surface area contributed by atoms with Gasteiger partial charge in [-0.1, -0.05) is 30.3 Å². The molecule has 0 fully saturated rings. The molecule has 0 radical (unpaired) electrons. The van der Waals surface area contributed by atoms with E-state index in [4.69, 9.17) is 0 Å². The highest BCUT2D eigenvalue weighted by molar-refractivity contribution is 7.14. The third-order valence-corrected chi connectivity index (χ3v) is 5.08. The Labute approximate surface area is 181 Å². The number of hydrogen-bond acceptors (Lipinski definition) is 6. The largest absolute Gasteiger partial charge is 0.326 e. The molecule has 0 aliphatic rings. The molecule has 154 valence electrons. The third kappa shape index (κ3) is 5.28. The lowest BCUT2D eigenvalue weighted by Crippen LogP contribution is -2.15. The monoisotopic (exact) mass is 431 g/mol. The predicted molar refractivity (Wildman–Crippen MR) is 119 cm³/mol. The minimum atomic E-state index is -0.282. The van der Waals surface area contributed by atoms with Crippen LogP contribution in [0.4, 0.5) is 10.8 Å². The van der Waals surface area contributed by atoms with Crippen LogP contribution in [0.5, 0.6) is 0 Å². The van der Waals surface area contributed by atoms with Crippen molar-refractivity contribution in [1.82, 2.24) is 15.2 Å². The molecule has 31 heavy (non-hydrogen) atoms. The van der Waals surface area contributed by atoms with E-state index in [9.17, 15) is 14.4 Å². The molecule has 0 aliphatic carbocycles. The van der Waals surface area contributed by atoms with Crippen LogP contribution < -0.4 is 16.2 Å². The molecular weight excluding hydrogens is 414 g/mol. The Balaban J connectivity index is 1.37. The molecule has 2 aromatic heterocycles. The second-order valence-electron chi connectivity index (χ2n) is 6.58. The molecule has 2 heterocycles. The Kier molecular flexibility index (Phi) is 5.95. The van der Waals surface area contributed by atoms with Crippen molar-refractivity contribution in [2.75, 3.05) is 10.6 Å². The van der Waals surface area contributed by atoms with Gasteiger partial charge >= 0.3 is 0 Å². The van der Waals surface area contributed by atoms with Gasteiger partial charge in [0.25, 0.3) is 11.5 Å². The number of rotatable bonds is 6. The van der Waals surface area contributed by atoms with Crippen LogP contribution in [0.1, 0.15) is 16.1 Å². The van der Waals surface area contributed by atoms with Crippen molar-refractivity contribution >= 4 is 34.0 Å². The van der Waals surface area contributed by atoms with Crippen LogP contribution in [0, 0.1) is 0 Å². The van der Waals surface area contributed by atoms with Crippen molar-refractivity contribution in [2.45, 2.75) is 6.42 Å². The molecule has 0 unspecified atom stereocenters. The average molecular weight is 431 g/mol. The molecular formula is C22H17N5O3S. The van der Waals surface area contributed by atoms with Crippen molar-refractivity contribution in [1.29, 1.82) is 0 Å². The van der Waals surface area contributed by atoms with Crippen molar-refractivity contribution in [3.8, 4) is 11.3 Å². The second-order valence-corrected chi connectivity index (χ2v) is 7.43. The van der Waals surface area contributed by atoms with Gasteiger partial charge in [0.15, 0.2) is 5.13 Å². The molecule has 0 saturated carbocycles. The number of aromatic amines is 1. The SMILES string of the molecule is O=C(Cc1csc(NC(=O)c2ccccc2)n1)Nc1cccc(-c2ccc(=O)[nH]n2)c1. The number of hydrogen-bond donors (Lipinski definition) is 3. The van der Waals surface area contributed by atoms with Crippen LogP contribution in [0.25, 0.3) is 11.3 Å². The molecule has 0 bridgehead atoms. The summed E-state index contributed by atoms with van der Waals surface area (Å²) in [6, 6.07) is 19.0. The van der Waals surface area contributed by atoms with E-state index >= 15 is 0 Å². The van der Waals surface area contributed by atoms with E-state index in [1.165, 1.54) is 17.4 Å².